The molecular weight excluding hydrogens is 773 g/mol. The van der Waals surface area contributed by atoms with Crippen molar-refractivity contribution in [2.24, 2.45) is 0 Å². The summed E-state index contributed by atoms with van der Waals surface area (Å²) in [6.07, 6.45) is 0. The van der Waals surface area contributed by atoms with Gasteiger partial charge in [-0.25, -0.2) is 15.0 Å². The molecule has 0 saturated carbocycles. The van der Waals surface area contributed by atoms with Crippen LogP contribution in [0.4, 0.5) is 0 Å². The lowest BCUT2D eigenvalue weighted by atomic mass is 9.90. The third kappa shape index (κ3) is 6.18. The summed E-state index contributed by atoms with van der Waals surface area (Å²) in [4.78, 5) is 15.8. The Bertz CT molecular complexity index is 3580. The molecule has 12 rings (SSSR count). The number of rotatable bonds is 7. The fourth-order valence-corrected chi connectivity index (χ4v) is 10.1. The van der Waals surface area contributed by atoms with Gasteiger partial charge in [-0.05, 0) is 70.3 Å². The minimum Gasteiger partial charge on any atom is -0.309 e. The fourth-order valence-electron chi connectivity index (χ4n) is 8.96. The van der Waals surface area contributed by atoms with Gasteiger partial charge in [0.1, 0.15) is 0 Å². The Kier molecular flexibility index (Phi) is 8.65. The van der Waals surface area contributed by atoms with Crippen molar-refractivity contribution in [1.29, 1.82) is 0 Å². The highest BCUT2D eigenvalue weighted by Crippen LogP contribution is 2.44. The maximum absolute atomic E-state index is 5.37. The molecule has 9 aromatic carbocycles. The minimum absolute atomic E-state index is 0.602. The van der Waals surface area contributed by atoms with Gasteiger partial charge in [-0.3, -0.25) is 0 Å². The van der Waals surface area contributed by atoms with E-state index < -0.39 is 0 Å². The summed E-state index contributed by atoms with van der Waals surface area (Å²) in [5, 5.41) is 4.99. The Morgan fingerprint density at radius 1 is 0.306 bits per heavy atom. The van der Waals surface area contributed by atoms with Crippen LogP contribution < -0.4 is 0 Å². The second-order valence-corrected chi connectivity index (χ2v) is 16.7. The molecule has 0 N–H and O–H groups in total. The Hall–Kier alpha value is -7.99. The Morgan fingerprint density at radius 2 is 0.806 bits per heavy atom. The summed E-state index contributed by atoms with van der Waals surface area (Å²) in [6.45, 7) is 0. The van der Waals surface area contributed by atoms with Gasteiger partial charge in [0.2, 0.25) is 0 Å². The first-order valence-electron chi connectivity index (χ1n) is 20.8. The maximum Gasteiger partial charge on any atom is 0.164 e. The van der Waals surface area contributed by atoms with Gasteiger partial charge in [-0.15, -0.1) is 11.3 Å². The lowest BCUT2D eigenvalue weighted by Crippen LogP contribution is -2.04. The van der Waals surface area contributed by atoms with Gasteiger partial charge in [-0.2, -0.15) is 0 Å². The summed E-state index contributed by atoms with van der Waals surface area (Å²) in [6, 6.07) is 77.6. The molecule has 0 saturated heterocycles. The van der Waals surface area contributed by atoms with Crippen LogP contribution in [0.3, 0.4) is 0 Å². The fraction of sp³-hybridized carbons (Fsp3) is 0. The zero-order valence-corrected chi connectivity index (χ0v) is 34.3. The van der Waals surface area contributed by atoms with Gasteiger partial charge in [0.15, 0.2) is 17.5 Å². The number of hydrogen-bond donors (Lipinski definition) is 0. The van der Waals surface area contributed by atoms with Crippen molar-refractivity contribution in [3.05, 3.63) is 218 Å². The van der Waals surface area contributed by atoms with Gasteiger partial charge in [0, 0.05) is 53.2 Å². The first kappa shape index (κ1) is 35.9. The van der Waals surface area contributed by atoms with E-state index in [1.165, 1.54) is 30.9 Å². The molecule has 3 aromatic heterocycles. The summed E-state index contributed by atoms with van der Waals surface area (Å²) in [5.74, 6) is 1.84. The number of para-hydroxylation sites is 2. The minimum atomic E-state index is 0.602. The van der Waals surface area contributed by atoms with Crippen molar-refractivity contribution in [2.45, 2.75) is 0 Å². The van der Waals surface area contributed by atoms with Crippen LogP contribution in [0.25, 0.3) is 115 Å². The summed E-state index contributed by atoms with van der Waals surface area (Å²) in [5.41, 5.74) is 12.8. The number of fused-ring (bicyclic) bond motifs is 6. The van der Waals surface area contributed by atoms with Gasteiger partial charge < -0.3 is 4.57 Å². The van der Waals surface area contributed by atoms with E-state index in [4.69, 9.17) is 15.0 Å². The molecule has 4 nitrogen and oxygen atoms in total. The number of thiophene rings is 1. The van der Waals surface area contributed by atoms with Crippen molar-refractivity contribution in [1.82, 2.24) is 19.5 Å². The molecule has 0 aliphatic carbocycles. The second-order valence-electron chi connectivity index (χ2n) is 15.6. The highest BCUT2D eigenvalue weighted by molar-refractivity contribution is 7.25. The van der Waals surface area contributed by atoms with E-state index >= 15 is 0 Å². The summed E-state index contributed by atoms with van der Waals surface area (Å²) >= 11 is 1.84. The molecule has 0 radical (unpaired) electrons. The van der Waals surface area contributed by atoms with Crippen LogP contribution in [0.2, 0.25) is 0 Å². The quantitative estimate of drug-likeness (QED) is 0.161. The SMILES string of the molecule is c1ccc(-c2nc(-c3cccc(-c4ccc5c(c4)sc4ccccc45)c3)nc(-c3cc(-c4ccccc4)c(-c4ccccc4)c(-n4c5ccccc5c5ccccc54)c3)n2)cc1. The maximum atomic E-state index is 5.37. The number of hydrogen-bond acceptors (Lipinski definition) is 4. The van der Waals surface area contributed by atoms with E-state index in [-0.39, 0.29) is 0 Å². The molecule has 5 heteroatoms. The topological polar surface area (TPSA) is 43.6 Å². The lowest BCUT2D eigenvalue weighted by Gasteiger charge is -2.20. The van der Waals surface area contributed by atoms with Crippen LogP contribution >= 0.6 is 11.3 Å². The van der Waals surface area contributed by atoms with Gasteiger partial charge >= 0.3 is 0 Å². The monoisotopic (exact) mass is 808 g/mol. The van der Waals surface area contributed by atoms with Gasteiger partial charge in [0.05, 0.1) is 16.7 Å². The van der Waals surface area contributed by atoms with Crippen molar-refractivity contribution in [3.8, 4) is 73.2 Å². The van der Waals surface area contributed by atoms with Crippen molar-refractivity contribution < 1.29 is 0 Å². The normalized spacial score (nSPS) is 11.5. The third-order valence-corrected chi connectivity index (χ3v) is 13.0. The molecule has 0 bridgehead atoms. The molecule has 3 heterocycles. The van der Waals surface area contributed by atoms with Crippen LogP contribution in [0.15, 0.2) is 218 Å². The molecule has 290 valence electrons. The van der Waals surface area contributed by atoms with Crippen LogP contribution in [-0.4, -0.2) is 19.5 Å². The van der Waals surface area contributed by atoms with Crippen LogP contribution in [0, 0.1) is 0 Å². The Labute approximate surface area is 362 Å². The third-order valence-electron chi connectivity index (χ3n) is 11.8. The predicted molar refractivity (Wildman–Crippen MR) is 260 cm³/mol. The van der Waals surface area contributed by atoms with E-state index in [0.29, 0.717) is 17.5 Å². The van der Waals surface area contributed by atoms with Crippen molar-refractivity contribution in [2.75, 3.05) is 0 Å². The van der Waals surface area contributed by atoms with E-state index in [2.05, 4.69) is 205 Å². The van der Waals surface area contributed by atoms with Crippen molar-refractivity contribution in [3.63, 3.8) is 0 Å². The molecule has 0 unspecified atom stereocenters. The average Bonchev–Trinajstić information content (AvgIpc) is 3.90. The van der Waals surface area contributed by atoms with E-state index in [0.717, 1.165) is 66.8 Å². The first-order chi connectivity index (χ1) is 30.7. The molecule has 0 fully saturated rings. The first-order valence-corrected chi connectivity index (χ1v) is 21.7. The number of nitrogens with zero attached hydrogens (tertiary/aromatic N) is 4. The standard InChI is InChI=1S/C57H36N4S/c1-4-17-37(18-5-1)48-34-43(35-51(54(48)38-19-6-2-7-20-38)61-49-28-13-10-25-44(49)45-26-11-14-29-50(45)61)57-59-55(39-21-8-3-9-22-39)58-56(60-57)42-24-16-23-40(33-42)41-31-32-47-46-27-12-15-30-52(46)62-53(47)36-41/h1-36H. The Morgan fingerprint density at radius 3 is 1.50 bits per heavy atom. The zero-order valence-electron chi connectivity index (χ0n) is 33.5. The van der Waals surface area contributed by atoms with E-state index in [9.17, 15) is 0 Å². The smallest absolute Gasteiger partial charge is 0.164 e. The second kappa shape index (κ2) is 14.9. The molecule has 0 amide bonds. The van der Waals surface area contributed by atoms with Gasteiger partial charge in [0.25, 0.3) is 0 Å². The number of aromatic nitrogens is 4. The molecule has 62 heavy (non-hydrogen) atoms. The number of benzene rings is 9. The highest BCUT2D eigenvalue weighted by Gasteiger charge is 2.23. The van der Waals surface area contributed by atoms with Crippen LogP contribution in [0.5, 0.6) is 0 Å². The Balaban J connectivity index is 1.11. The largest absolute Gasteiger partial charge is 0.309 e. The molecule has 0 aliphatic rings. The molecule has 0 atom stereocenters. The molecule has 0 aliphatic heterocycles. The van der Waals surface area contributed by atoms with Crippen LogP contribution in [-0.2, 0) is 0 Å². The molecular formula is C57H36N4S. The highest BCUT2D eigenvalue weighted by atomic mass is 32.1. The molecule has 12 aromatic rings. The average molecular weight is 809 g/mol. The zero-order chi connectivity index (χ0) is 41.0. The summed E-state index contributed by atoms with van der Waals surface area (Å²) < 4.78 is 4.99. The van der Waals surface area contributed by atoms with Crippen LogP contribution in [0.1, 0.15) is 0 Å². The van der Waals surface area contributed by atoms with E-state index in [1.807, 2.05) is 29.5 Å². The lowest BCUT2D eigenvalue weighted by molar-refractivity contribution is 1.07. The predicted octanol–water partition coefficient (Wildman–Crippen LogP) is 15.3. The van der Waals surface area contributed by atoms with Gasteiger partial charge in [-0.1, -0.05) is 176 Å². The van der Waals surface area contributed by atoms with E-state index in [1.54, 1.807) is 0 Å². The summed E-state index contributed by atoms with van der Waals surface area (Å²) in [7, 11) is 0. The van der Waals surface area contributed by atoms with Crippen molar-refractivity contribution >= 4 is 53.3 Å². The molecule has 0 spiro atoms.